The number of aliphatic carboxylic acids is 1. The molecule has 1 fully saturated rings. The normalized spacial score (nSPS) is 19.0. The minimum atomic E-state index is -0.746. The van der Waals surface area contributed by atoms with Gasteiger partial charge in [0, 0.05) is 6.20 Å². The van der Waals surface area contributed by atoms with Gasteiger partial charge in [0.05, 0.1) is 5.41 Å². The second kappa shape index (κ2) is 3.81. The van der Waals surface area contributed by atoms with Gasteiger partial charge in [-0.2, -0.15) is 0 Å². The van der Waals surface area contributed by atoms with Gasteiger partial charge in [-0.1, -0.05) is 30.5 Å². The number of halogens is 1. The van der Waals surface area contributed by atoms with Crippen LogP contribution in [0, 0.1) is 0 Å². The van der Waals surface area contributed by atoms with E-state index in [-0.39, 0.29) is 0 Å². The predicted octanol–water partition coefficient (Wildman–Crippen LogP) is 2.63. The van der Waals surface area contributed by atoms with Crippen LogP contribution in [0.5, 0.6) is 0 Å². The summed E-state index contributed by atoms with van der Waals surface area (Å²) in [5, 5.41) is 9.73. The maximum atomic E-state index is 11.3. The van der Waals surface area contributed by atoms with Crippen molar-refractivity contribution in [3.63, 3.8) is 0 Å². The highest BCUT2D eigenvalue weighted by molar-refractivity contribution is 6.29. The molecular weight excluding hydrogens is 214 g/mol. The number of pyridine rings is 1. The van der Waals surface area contributed by atoms with E-state index in [0.717, 1.165) is 18.4 Å². The first-order valence-electron chi connectivity index (χ1n) is 5.00. The van der Waals surface area contributed by atoms with Crippen LogP contribution >= 0.6 is 11.6 Å². The number of carboxylic acid groups (broad SMARTS) is 1. The highest BCUT2D eigenvalue weighted by atomic mass is 35.5. The molecule has 4 heteroatoms. The first-order chi connectivity index (χ1) is 7.15. The van der Waals surface area contributed by atoms with E-state index in [9.17, 15) is 9.90 Å². The Labute approximate surface area is 93.1 Å². The Morgan fingerprint density at radius 1 is 1.40 bits per heavy atom. The van der Waals surface area contributed by atoms with Crippen molar-refractivity contribution in [3.8, 4) is 0 Å². The Hall–Kier alpha value is -1.09. The summed E-state index contributed by atoms with van der Waals surface area (Å²) in [7, 11) is 0. The molecule has 0 radical (unpaired) electrons. The third kappa shape index (κ3) is 1.72. The summed E-state index contributed by atoms with van der Waals surface area (Å²) in [6.45, 7) is 0. The fourth-order valence-electron chi connectivity index (χ4n) is 2.26. The zero-order valence-corrected chi connectivity index (χ0v) is 9.00. The van der Waals surface area contributed by atoms with Crippen molar-refractivity contribution in [2.45, 2.75) is 31.1 Å². The van der Waals surface area contributed by atoms with Crippen molar-refractivity contribution < 1.29 is 9.90 Å². The van der Waals surface area contributed by atoms with Crippen molar-refractivity contribution in [1.82, 2.24) is 4.98 Å². The van der Waals surface area contributed by atoms with Gasteiger partial charge in [0.15, 0.2) is 0 Å². The number of nitrogens with zero attached hydrogens (tertiary/aromatic N) is 1. The van der Waals surface area contributed by atoms with Crippen LogP contribution in [-0.2, 0) is 10.2 Å². The molecule has 2 rings (SSSR count). The second-order valence-corrected chi connectivity index (χ2v) is 4.35. The monoisotopic (exact) mass is 225 g/mol. The number of rotatable bonds is 2. The first-order valence-corrected chi connectivity index (χ1v) is 5.38. The van der Waals surface area contributed by atoms with Gasteiger partial charge in [-0.05, 0) is 24.5 Å². The van der Waals surface area contributed by atoms with Crippen molar-refractivity contribution in [2.75, 3.05) is 0 Å². The SMILES string of the molecule is O=C(O)C1(c2ccc(Cl)nc2)CCCC1. The molecule has 0 unspecified atom stereocenters. The molecule has 0 aliphatic heterocycles. The fraction of sp³-hybridized carbons (Fsp3) is 0.455. The van der Waals surface area contributed by atoms with E-state index in [0.29, 0.717) is 18.0 Å². The Bertz CT molecular complexity index is 369. The third-order valence-electron chi connectivity index (χ3n) is 3.15. The van der Waals surface area contributed by atoms with Gasteiger partial charge in [-0.3, -0.25) is 4.79 Å². The van der Waals surface area contributed by atoms with Crippen LogP contribution in [0.1, 0.15) is 31.2 Å². The predicted molar refractivity (Wildman–Crippen MR) is 57.0 cm³/mol. The molecule has 1 aliphatic carbocycles. The summed E-state index contributed by atoms with van der Waals surface area (Å²) < 4.78 is 0. The molecule has 0 amide bonds. The Kier molecular flexibility index (Phi) is 2.65. The zero-order valence-electron chi connectivity index (χ0n) is 8.24. The van der Waals surface area contributed by atoms with Gasteiger partial charge < -0.3 is 5.11 Å². The molecule has 15 heavy (non-hydrogen) atoms. The Balaban J connectivity index is 2.41. The number of carbonyl (C=O) groups is 1. The summed E-state index contributed by atoms with van der Waals surface area (Å²) in [5.41, 5.74) is 0.0503. The van der Waals surface area contributed by atoms with Crippen LogP contribution in [-0.4, -0.2) is 16.1 Å². The van der Waals surface area contributed by atoms with Crippen molar-refractivity contribution in [2.24, 2.45) is 0 Å². The van der Waals surface area contributed by atoms with Gasteiger partial charge in [0.25, 0.3) is 0 Å². The molecule has 0 saturated heterocycles. The molecule has 1 N–H and O–H groups in total. The number of carboxylic acids is 1. The lowest BCUT2D eigenvalue weighted by atomic mass is 9.80. The van der Waals surface area contributed by atoms with Crippen molar-refractivity contribution in [3.05, 3.63) is 29.0 Å². The topological polar surface area (TPSA) is 50.2 Å². The number of hydrogen-bond acceptors (Lipinski definition) is 2. The largest absolute Gasteiger partial charge is 0.481 e. The lowest BCUT2D eigenvalue weighted by molar-refractivity contribution is -0.143. The first kappa shape index (κ1) is 10.4. The smallest absolute Gasteiger partial charge is 0.314 e. The molecule has 1 aromatic rings. The minimum Gasteiger partial charge on any atom is -0.481 e. The molecule has 1 saturated carbocycles. The van der Waals surface area contributed by atoms with Gasteiger partial charge in [-0.15, -0.1) is 0 Å². The van der Waals surface area contributed by atoms with E-state index in [4.69, 9.17) is 11.6 Å². The van der Waals surface area contributed by atoms with E-state index >= 15 is 0 Å². The van der Waals surface area contributed by atoms with Crippen LogP contribution in [0.15, 0.2) is 18.3 Å². The minimum absolute atomic E-state index is 0.400. The molecule has 1 aliphatic rings. The lowest BCUT2D eigenvalue weighted by Gasteiger charge is -2.23. The highest BCUT2D eigenvalue weighted by Crippen LogP contribution is 2.41. The molecule has 0 bridgehead atoms. The molecule has 80 valence electrons. The molecule has 0 atom stereocenters. The van der Waals surface area contributed by atoms with Crippen LogP contribution in [0.2, 0.25) is 5.15 Å². The standard InChI is InChI=1S/C11H12ClNO2/c12-9-4-3-8(7-13-9)11(10(14)15)5-1-2-6-11/h3-4,7H,1-2,5-6H2,(H,14,15). The lowest BCUT2D eigenvalue weighted by Crippen LogP contribution is -2.32. The van der Waals surface area contributed by atoms with Crippen molar-refractivity contribution >= 4 is 17.6 Å². The van der Waals surface area contributed by atoms with Gasteiger partial charge in [0.1, 0.15) is 5.15 Å². The zero-order chi connectivity index (χ0) is 10.9. The molecule has 0 spiro atoms. The van der Waals surface area contributed by atoms with E-state index < -0.39 is 11.4 Å². The quantitative estimate of drug-likeness (QED) is 0.788. The summed E-state index contributed by atoms with van der Waals surface area (Å²) >= 11 is 5.68. The van der Waals surface area contributed by atoms with E-state index in [1.165, 1.54) is 0 Å². The molecule has 1 heterocycles. The van der Waals surface area contributed by atoms with Crippen LogP contribution in [0.4, 0.5) is 0 Å². The average molecular weight is 226 g/mol. The number of aromatic nitrogens is 1. The summed E-state index contributed by atoms with van der Waals surface area (Å²) in [6, 6.07) is 3.43. The van der Waals surface area contributed by atoms with Gasteiger partial charge in [0.2, 0.25) is 0 Å². The van der Waals surface area contributed by atoms with Gasteiger partial charge >= 0.3 is 5.97 Å². The van der Waals surface area contributed by atoms with Gasteiger partial charge in [-0.25, -0.2) is 4.98 Å². The molecular formula is C11H12ClNO2. The molecule has 0 aromatic carbocycles. The molecule has 3 nitrogen and oxygen atoms in total. The van der Waals surface area contributed by atoms with Crippen LogP contribution in [0.3, 0.4) is 0 Å². The highest BCUT2D eigenvalue weighted by Gasteiger charge is 2.43. The average Bonchev–Trinajstić information content (AvgIpc) is 2.69. The fourth-order valence-corrected chi connectivity index (χ4v) is 2.38. The van der Waals surface area contributed by atoms with E-state index in [1.807, 2.05) is 0 Å². The summed E-state index contributed by atoms with van der Waals surface area (Å²) in [6.07, 6.45) is 4.92. The van der Waals surface area contributed by atoms with E-state index in [2.05, 4.69) is 4.98 Å². The molecule has 1 aromatic heterocycles. The van der Waals surface area contributed by atoms with Crippen molar-refractivity contribution in [1.29, 1.82) is 0 Å². The second-order valence-electron chi connectivity index (χ2n) is 3.96. The van der Waals surface area contributed by atoms with Crippen LogP contribution < -0.4 is 0 Å². The van der Waals surface area contributed by atoms with E-state index in [1.54, 1.807) is 18.3 Å². The number of hydrogen-bond donors (Lipinski definition) is 1. The Morgan fingerprint density at radius 3 is 2.53 bits per heavy atom. The maximum absolute atomic E-state index is 11.3. The van der Waals surface area contributed by atoms with Crippen LogP contribution in [0.25, 0.3) is 0 Å². The third-order valence-corrected chi connectivity index (χ3v) is 3.37. The Morgan fingerprint density at radius 2 is 2.07 bits per heavy atom. The summed E-state index contributed by atoms with van der Waals surface area (Å²) in [5.74, 6) is -0.746. The summed E-state index contributed by atoms with van der Waals surface area (Å²) in [4.78, 5) is 15.3. The maximum Gasteiger partial charge on any atom is 0.314 e.